The molecule has 3 aromatic carbocycles. The number of ether oxygens (including phenoxy) is 3. The van der Waals surface area contributed by atoms with Crippen molar-refractivity contribution in [1.82, 2.24) is 15.0 Å². The molecule has 0 saturated carbocycles. The van der Waals surface area contributed by atoms with Crippen molar-refractivity contribution in [2.24, 2.45) is 0 Å². The molecule has 2 unspecified atom stereocenters. The van der Waals surface area contributed by atoms with E-state index in [-0.39, 0.29) is 24.0 Å². The summed E-state index contributed by atoms with van der Waals surface area (Å²) < 4.78 is 15.8. The third-order valence-corrected chi connectivity index (χ3v) is 7.10. The van der Waals surface area contributed by atoms with Crippen molar-refractivity contribution in [3.05, 3.63) is 59.8 Å². The highest BCUT2D eigenvalue weighted by Crippen LogP contribution is 2.47. The number of fused-ring (bicyclic) bond motifs is 4. The summed E-state index contributed by atoms with van der Waals surface area (Å²) in [7, 11) is 4.50. The van der Waals surface area contributed by atoms with Gasteiger partial charge in [-0.05, 0) is 29.0 Å². The number of benzene rings is 3. The van der Waals surface area contributed by atoms with E-state index in [2.05, 4.69) is 10.4 Å². The fourth-order valence-electron chi connectivity index (χ4n) is 5.27. The Morgan fingerprint density at radius 1 is 1.06 bits per heavy atom. The van der Waals surface area contributed by atoms with Crippen LogP contribution in [0.15, 0.2) is 48.5 Å². The minimum atomic E-state index is -1.32. The van der Waals surface area contributed by atoms with E-state index in [1.807, 2.05) is 30.3 Å². The second-order valence-corrected chi connectivity index (χ2v) is 8.89. The standard InChI is InChI=1S/C26H24ClN3O6/c1-34-20-11-15-10-18(28-22(15)24(36-3)23(20)35-2)25(31)30(29-26(32)33)13-16(12-27)21-17-7-5-4-6-14(17)8-9-19(21)30/h4-11,16,29H,12-13H2,1-3H3,(H-,28,31,32,33)/p+1. The molecule has 0 aliphatic carbocycles. The second-order valence-electron chi connectivity index (χ2n) is 8.58. The van der Waals surface area contributed by atoms with E-state index in [0.29, 0.717) is 33.8 Å². The Balaban J connectivity index is 1.73. The number of alkyl halides is 1. The van der Waals surface area contributed by atoms with Crippen LogP contribution in [0.5, 0.6) is 17.2 Å². The van der Waals surface area contributed by atoms with Gasteiger partial charge < -0.3 is 24.3 Å². The first-order valence-electron chi connectivity index (χ1n) is 11.2. The van der Waals surface area contributed by atoms with Crippen LogP contribution < -0.4 is 24.2 Å². The predicted molar refractivity (Wildman–Crippen MR) is 138 cm³/mol. The van der Waals surface area contributed by atoms with Gasteiger partial charge in [-0.15, -0.1) is 16.2 Å². The molecule has 3 N–H and O–H groups in total. The summed E-state index contributed by atoms with van der Waals surface area (Å²) in [5, 5.41) is 12.4. The molecule has 0 bridgehead atoms. The van der Waals surface area contributed by atoms with Crippen molar-refractivity contribution in [2.45, 2.75) is 5.92 Å². The maximum Gasteiger partial charge on any atom is 0.450 e. The number of carbonyl (C=O) groups is 2. The van der Waals surface area contributed by atoms with Gasteiger partial charge in [0, 0.05) is 22.9 Å². The van der Waals surface area contributed by atoms with Crippen molar-refractivity contribution in [3.8, 4) is 17.2 Å². The number of halogens is 1. The van der Waals surface area contributed by atoms with Crippen LogP contribution in [-0.4, -0.2) is 55.8 Å². The Bertz CT molecular complexity index is 1520. The van der Waals surface area contributed by atoms with Gasteiger partial charge in [0.1, 0.15) is 12.2 Å². The van der Waals surface area contributed by atoms with Gasteiger partial charge in [-0.2, -0.15) is 5.43 Å². The minimum absolute atomic E-state index is 0.136. The molecule has 0 fully saturated rings. The molecule has 0 spiro atoms. The molecule has 0 saturated heterocycles. The fraction of sp³-hybridized carbons (Fsp3) is 0.231. The Hall–Kier alpha value is -3.95. The number of carbonyl (C=O) groups excluding carboxylic acids is 1. The lowest BCUT2D eigenvalue weighted by Gasteiger charge is -2.29. The van der Waals surface area contributed by atoms with Crippen LogP contribution in [0.3, 0.4) is 0 Å². The molecule has 5 rings (SSSR count). The molecular weight excluding hydrogens is 486 g/mol. The van der Waals surface area contributed by atoms with Gasteiger partial charge >= 0.3 is 12.0 Å². The topological polar surface area (TPSA) is 110 Å². The Kier molecular flexibility index (Phi) is 5.89. The number of nitrogens with zero attached hydrogens (tertiary/aromatic N) is 1. The number of hydrogen-bond acceptors (Lipinski definition) is 5. The Morgan fingerprint density at radius 3 is 2.47 bits per heavy atom. The van der Waals surface area contributed by atoms with E-state index in [9.17, 15) is 14.7 Å². The molecule has 2 heterocycles. The highest BCUT2D eigenvalue weighted by atomic mass is 35.5. The van der Waals surface area contributed by atoms with Crippen molar-refractivity contribution in [1.29, 1.82) is 0 Å². The molecule has 36 heavy (non-hydrogen) atoms. The van der Waals surface area contributed by atoms with Crippen molar-refractivity contribution in [3.63, 3.8) is 0 Å². The highest BCUT2D eigenvalue weighted by Gasteiger charge is 2.53. The number of aromatic nitrogens is 1. The zero-order valence-electron chi connectivity index (χ0n) is 19.9. The molecular formula is C26H25ClN3O6+. The number of amides is 2. The van der Waals surface area contributed by atoms with Gasteiger partial charge in [-0.3, -0.25) is 0 Å². The Labute approximate surface area is 211 Å². The van der Waals surface area contributed by atoms with E-state index in [0.717, 1.165) is 16.3 Å². The van der Waals surface area contributed by atoms with Crippen molar-refractivity contribution < 1.29 is 28.9 Å². The predicted octanol–water partition coefficient (Wildman–Crippen LogP) is 5.01. The SMILES string of the molecule is COc1cc2cc(C(=O)[N+]3(NC(=O)O)CC(CCl)c4c3ccc3ccccc43)[nH]c2c(OC)c1OC. The maximum atomic E-state index is 14.2. The quantitative estimate of drug-likeness (QED) is 0.257. The van der Waals surface area contributed by atoms with Crippen LogP contribution >= 0.6 is 11.6 Å². The molecule has 2 amide bonds. The summed E-state index contributed by atoms with van der Waals surface area (Å²) in [6.45, 7) is 0.136. The zero-order chi connectivity index (χ0) is 25.6. The first-order chi connectivity index (χ1) is 17.4. The molecule has 9 nitrogen and oxygen atoms in total. The monoisotopic (exact) mass is 510 g/mol. The highest BCUT2D eigenvalue weighted by molar-refractivity contribution is 6.19. The third-order valence-electron chi connectivity index (χ3n) is 6.73. The Morgan fingerprint density at radius 2 is 1.81 bits per heavy atom. The number of aromatic amines is 1. The minimum Gasteiger partial charge on any atom is -0.493 e. The lowest BCUT2D eigenvalue weighted by molar-refractivity contribution is 0.0669. The number of H-pyrrole nitrogens is 1. The van der Waals surface area contributed by atoms with Gasteiger partial charge in [0.05, 0.1) is 32.8 Å². The number of nitrogens with one attached hydrogen (secondary N) is 2. The molecule has 186 valence electrons. The van der Waals surface area contributed by atoms with E-state index in [4.69, 9.17) is 25.8 Å². The van der Waals surface area contributed by atoms with Crippen molar-refractivity contribution in [2.75, 3.05) is 33.8 Å². The molecule has 1 aliphatic heterocycles. The lowest BCUT2D eigenvalue weighted by Crippen LogP contribution is -2.64. The summed E-state index contributed by atoms with van der Waals surface area (Å²) in [4.78, 5) is 29.4. The number of carboxylic acid groups (broad SMARTS) is 1. The maximum absolute atomic E-state index is 14.2. The van der Waals surface area contributed by atoms with Crippen LogP contribution in [0.2, 0.25) is 0 Å². The van der Waals surface area contributed by atoms with Crippen LogP contribution in [-0.2, 0) is 0 Å². The normalized spacial score (nSPS) is 18.7. The van der Waals surface area contributed by atoms with Crippen LogP contribution in [0.1, 0.15) is 22.0 Å². The van der Waals surface area contributed by atoms with Gasteiger partial charge in [0.25, 0.3) is 0 Å². The summed E-state index contributed by atoms with van der Waals surface area (Å²) in [5.74, 6) is 0.689. The van der Waals surface area contributed by atoms with Crippen LogP contribution in [0.4, 0.5) is 10.5 Å². The summed E-state index contributed by atoms with van der Waals surface area (Å²) >= 11 is 6.37. The molecule has 4 aromatic rings. The first-order valence-corrected chi connectivity index (χ1v) is 11.8. The van der Waals surface area contributed by atoms with Crippen LogP contribution in [0.25, 0.3) is 21.7 Å². The van der Waals surface area contributed by atoms with E-state index >= 15 is 0 Å². The van der Waals surface area contributed by atoms with Crippen molar-refractivity contribution >= 4 is 51.0 Å². The molecule has 0 radical (unpaired) electrons. The largest absolute Gasteiger partial charge is 0.493 e. The summed E-state index contributed by atoms with van der Waals surface area (Å²) in [5.41, 5.74) is 4.64. The fourth-order valence-corrected chi connectivity index (χ4v) is 5.52. The van der Waals surface area contributed by atoms with E-state index in [1.54, 1.807) is 18.2 Å². The molecule has 1 aromatic heterocycles. The molecule has 10 heteroatoms. The second kappa shape index (κ2) is 8.92. The summed E-state index contributed by atoms with van der Waals surface area (Å²) in [6, 6.07) is 14.9. The average Bonchev–Trinajstić information content (AvgIpc) is 3.46. The number of hydrogen-bond donors (Lipinski definition) is 3. The third kappa shape index (κ3) is 3.42. The van der Waals surface area contributed by atoms with Crippen LogP contribution in [0, 0.1) is 0 Å². The lowest BCUT2D eigenvalue weighted by atomic mass is 9.96. The van der Waals surface area contributed by atoms with E-state index in [1.165, 1.54) is 21.3 Å². The summed E-state index contributed by atoms with van der Waals surface area (Å²) in [6.07, 6.45) is -1.32. The van der Waals surface area contributed by atoms with Gasteiger partial charge in [-0.25, -0.2) is 9.59 Å². The average molecular weight is 511 g/mol. The number of rotatable bonds is 5. The van der Waals surface area contributed by atoms with E-state index < -0.39 is 16.6 Å². The number of quaternary nitrogens is 1. The zero-order valence-corrected chi connectivity index (χ0v) is 20.7. The molecule has 1 aliphatic rings. The van der Waals surface area contributed by atoms with Gasteiger partial charge in [0.2, 0.25) is 5.75 Å². The smallest absolute Gasteiger partial charge is 0.450 e. The van der Waals surface area contributed by atoms with Gasteiger partial charge in [-0.1, -0.05) is 24.3 Å². The first kappa shape index (κ1) is 23.8. The number of methoxy groups -OCH3 is 3. The molecule has 2 atom stereocenters. The van der Waals surface area contributed by atoms with Gasteiger partial charge in [0.15, 0.2) is 17.2 Å².